The SMILES string of the molecule is CC(C)c1cc2c(cc1CN)OCCCO2. The van der Waals surface area contributed by atoms with Crippen LogP contribution in [0.2, 0.25) is 0 Å². The number of rotatable bonds is 2. The van der Waals surface area contributed by atoms with Gasteiger partial charge in [0.15, 0.2) is 11.5 Å². The smallest absolute Gasteiger partial charge is 0.161 e. The van der Waals surface area contributed by atoms with Gasteiger partial charge in [0.05, 0.1) is 13.2 Å². The molecule has 0 radical (unpaired) electrons. The molecule has 16 heavy (non-hydrogen) atoms. The zero-order valence-corrected chi connectivity index (χ0v) is 9.95. The van der Waals surface area contributed by atoms with E-state index in [0.717, 1.165) is 36.7 Å². The van der Waals surface area contributed by atoms with E-state index in [2.05, 4.69) is 19.9 Å². The summed E-state index contributed by atoms with van der Waals surface area (Å²) in [6, 6.07) is 4.10. The van der Waals surface area contributed by atoms with E-state index in [0.29, 0.717) is 12.5 Å². The Bertz CT molecular complexity index is 374. The van der Waals surface area contributed by atoms with Crippen LogP contribution >= 0.6 is 0 Å². The van der Waals surface area contributed by atoms with E-state index in [1.54, 1.807) is 0 Å². The third-order valence-electron chi connectivity index (χ3n) is 2.85. The van der Waals surface area contributed by atoms with Crippen LogP contribution < -0.4 is 15.2 Å². The van der Waals surface area contributed by atoms with Gasteiger partial charge in [-0.25, -0.2) is 0 Å². The standard InChI is InChI=1S/C13H19NO2/c1-9(2)11-7-13-12(6-10(11)8-14)15-4-3-5-16-13/h6-7,9H,3-5,8,14H2,1-2H3. The van der Waals surface area contributed by atoms with Crippen molar-refractivity contribution in [2.75, 3.05) is 13.2 Å². The number of hydrogen-bond acceptors (Lipinski definition) is 3. The summed E-state index contributed by atoms with van der Waals surface area (Å²) in [5, 5.41) is 0. The fourth-order valence-electron chi connectivity index (χ4n) is 1.98. The van der Waals surface area contributed by atoms with Crippen LogP contribution in [0.15, 0.2) is 12.1 Å². The molecule has 0 spiro atoms. The highest BCUT2D eigenvalue weighted by molar-refractivity contribution is 5.48. The van der Waals surface area contributed by atoms with Crippen LogP contribution in [0, 0.1) is 0 Å². The van der Waals surface area contributed by atoms with Crippen molar-refractivity contribution in [3.05, 3.63) is 23.3 Å². The average Bonchev–Trinajstić information content (AvgIpc) is 2.51. The van der Waals surface area contributed by atoms with Gasteiger partial charge in [0.2, 0.25) is 0 Å². The Hall–Kier alpha value is -1.22. The molecule has 0 fully saturated rings. The normalized spacial score (nSPS) is 15.0. The van der Waals surface area contributed by atoms with Gasteiger partial charge in [-0.3, -0.25) is 0 Å². The Balaban J connectivity index is 2.44. The van der Waals surface area contributed by atoms with Crippen LogP contribution in [-0.4, -0.2) is 13.2 Å². The summed E-state index contributed by atoms with van der Waals surface area (Å²) < 4.78 is 11.3. The van der Waals surface area contributed by atoms with Gasteiger partial charge in [-0.1, -0.05) is 13.8 Å². The first kappa shape index (κ1) is 11.3. The maximum atomic E-state index is 5.76. The Morgan fingerprint density at radius 1 is 1.19 bits per heavy atom. The first-order valence-electron chi connectivity index (χ1n) is 5.85. The summed E-state index contributed by atoms with van der Waals surface area (Å²) in [7, 11) is 0. The zero-order valence-electron chi connectivity index (χ0n) is 9.95. The zero-order chi connectivity index (χ0) is 11.5. The average molecular weight is 221 g/mol. The summed E-state index contributed by atoms with van der Waals surface area (Å²) in [6.07, 6.45) is 0.934. The minimum atomic E-state index is 0.454. The molecule has 2 rings (SSSR count). The molecule has 0 amide bonds. The molecule has 1 heterocycles. The Morgan fingerprint density at radius 3 is 2.38 bits per heavy atom. The van der Waals surface area contributed by atoms with Crippen molar-refractivity contribution in [3.63, 3.8) is 0 Å². The maximum Gasteiger partial charge on any atom is 0.161 e. The van der Waals surface area contributed by atoms with E-state index in [4.69, 9.17) is 15.2 Å². The summed E-state index contributed by atoms with van der Waals surface area (Å²) in [5.74, 6) is 2.15. The highest BCUT2D eigenvalue weighted by Gasteiger charge is 2.15. The van der Waals surface area contributed by atoms with Crippen LogP contribution in [0.4, 0.5) is 0 Å². The predicted molar refractivity (Wildman–Crippen MR) is 64.0 cm³/mol. The molecule has 0 aromatic heterocycles. The molecule has 0 bridgehead atoms. The first-order valence-corrected chi connectivity index (χ1v) is 5.85. The molecule has 0 aliphatic carbocycles. The van der Waals surface area contributed by atoms with E-state index >= 15 is 0 Å². The predicted octanol–water partition coefficient (Wildman–Crippen LogP) is 2.43. The van der Waals surface area contributed by atoms with Crippen molar-refractivity contribution in [2.45, 2.75) is 32.7 Å². The van der Waals surface area contributed by atoms with Crippen molar-refractivity contribution in [2.24, 2.45) is 5.73 Å². The lowest BCUT2D eigenvalue weighted by atomic mass is 9.96. The van der Waals surface area contributed by atoms with Gasteiger partial charge in [0.1, 0.15) is 0 Å². The van der Waals surface area contributed by atoms with E-state index in [1.165, 1.54) is 5.56 Å². The van der Waals surface area contributed by atoms with Crippen LogP contribution in [0.25, 0.3) is 0 Å². The number of hydrogen-bond donors (Lipinski definition) is 1. The van der Waals surface area contributed by atoms with Crippen molar-refractivity contribution >= 4 is 0 Å². The highest BCUT2D eigenvalue weighted by atomic mass is 16.5. The second-order valence-corrected chi connectivity index (χ2v) is 4.41. The van der Waals surface area contributed by atoms with Crippen LogP contribution in [0.1, 0.15) is 37.3 Å². The molecule has 88 valence electrons. The van der Waals surface area contributed by atoms with Crippen LogP contribution in [0.5, 0.6) is 11.5 Å². The molecule has 1 aliphatic rings. The molecule has 1 aliphatic heterocycles. The van der Waals surface area contributed by atoms with Crippen LogP contribution in [0.3, 0.4) is 0 Å². The van der Waals surface area contributed by atoms with Crippen molar-refractivity contribution in [1.82, 2.24) is 0 Å². The quantitative estimate of drug-likeness (QED) is 0.834. The molecule has 0 unspecified atom stereocenters. The van der Waals surface area contributed by atoms with Gasteiger partial charge in [0.25, 0.3) is 0 Å². The highest BCUT2D eigenvalue weighted by Crippen LogP contribution is 2.35. The monoisotopic (exact) mass is 221 g/mol. The second kappa shape index (κ2) is 4.74. The molecule has 0 saturated carbocycles. The largest absolute Gasteiger partial charge is 0.490 e. The fraction of sp³-hybridized carbons (Fsp3) is 0.538. The lowest BCUT2D eigenvalue weighted by molar-refractivity contribution is 0.297. The third-order valence-corrected chi connectivity index (χ3v) is 2.85. The number of fused-ring (bicyclic) bond motifs is 1. The number of benzene rings is 1. The molecule has 2 N–H and O–H groups in total. The van der Waals surface area contributed by atoms with Gasteiger partial charge in [0, 0.05) is 13.0 Å². The third kappa shape index (κ3) is 2.14. The van der Waals surface area contributed by atoms with Crippen molar-refractivity contribution in [3.8, 4) is 11.5 Å². The Morgan fingerprint density at radius 2 is 1.81 bits per heavy atom. The minimum absolute atomic E-state index is 0.454. The van der Waals surface area contributed by atoms with E-state index in [-0.39, 0.29) is 0 Å². The topological polar surface area (TPSA) is 44.5 Å². The van der Waals surface area contributed by atoms with Gasteiger partial charge < -0.3 is 15.2 Å². The molecule has 1 aromatic carbocycles. The summed E-state index contributed by atoms with van der Waals surface area (Å²) >= 11 is 0. The molecular weight excluding hydrogens is 202 g/mol. The van der Waals surface area contributed by atoms with Crippen molar-refractivity contribution in [1.29, 1.82) is 0 Å². The van der Waals surface area contributed by atoms with Gasteiger partial charge in [-0.15, -0.1) is 0 Å². The summed E-state index contributed by atoms with van der Waals surface area (Å²) in [6.45, 7) is 6.32. The Kier molecular flexibility index (Phi) is 3.34. The minimum Gasteiger partial charge on any atom is -0.490 e. The Labute approximate surface area is 96.5 Å². The van der Waals surface area contributed by atoms with E-state index < -0.39 is 0 Å². The molecule has 3 nitrogen and oxygen atoms in total. The van der Waals surface area contributed by atoms with Crippen molar-refractivity contribution < 1.29 is 9.47 Å². The fourth-order valence-corrected chi connectivity index (χ4v) is 1.98. The van der Waals surface area contributed by atoms with Gasteiger partial charge in [-0.05, 0) is 29.2 Å². The lowest BCUT2D eigenvalue weighted by Gasteiger charge is -2.16. The molecule has 0 atom stereocenters. The van der Waals surface area contributed by atoms with Gasteiger partial charge in [-0.2, -0.15) is 0 Å². The van der Waals surface area contributed by atoms with E-state index in [9.17, 15) is 0 Å². The second-order valence-electron chi connectivity index (χ2n) is 4.41. The molecule has 3 heteroatoms. The number of nitrogens with two attached hydrogens (primary N) is 1. The van der Waals surface area contributed by atoms with E-state index in [1.807, 2.05) is 6.07 Å². The summed E-state index contributed by atoms with van der Waals surface area (Å²) in [4.78, 5) is 0. The molecule has 0 saturated heterocycles. The van der Waals surface area contributed by atoms with Crippen LogP contribution in [-0.2, 0) is 6.54 Å². The lowest BCUT2D eigenvalue weighted by Crippen LogP contribution is -2.04. The molecule has 1 aromatic rings. The number of ether oxygens (including phenoxy) is 2. The summed E-state index contributed by atoms with van der Waals surface area (Å²) in [5.41, 5.74) is 8.17. The van der Waals surface area contributed by atoms with Gasteiger partial charge >= 0.3 is 0 Å². The first-order chi connectivity index (χ1) is 7.72. The maximum absolute atomic E-state index is 5.76. The molecular formula is C13H19NO2.